The van der Waals surface area contributed by atoms with E-state index in [0.29, 0.717) is 0 Å². The summed E-state index contributed by atoms with van der Waals surface area (Å²) in [6, 6.07) is 16.2. The first-order chi connectivity index (χ1) is 10.3. The van der Waals surface area contributed by atoms with Gasteiger partial charge < -0.3 is 10.5 Å². The van der Waals surface area contributed by atoms with Crippen molar-refractivity contribution in [3.8, 4) is 0 Å². The van der Waals surface area contributed by atoms with Gasteiger partial charge in [-0.2, -0.15) is 0 Å². The number of rotatable bonds is 4. The number of hydrogen-bond acceptors (Lipinski definition) is 4. The third-order valence-electron chi connectivity index (χ3n) is 4.11. The van der Waals surface area contributed by atoms with Crippen molar-refractivity contribution in [3.05, 3.63) is 65.2 Å². The van der Waals surface area contributed by atoms with E-state index in [1.807, 2.05) is 24.3 Å². The number of nitrogen functional groups attached to an aromatic ring is 1. The second kappa shape index (κ2) is 6.26. The van der Waals surface area contributed by atoms with Gasteiger partial charge in [-0.1, -0.05) is 42.5 Å². The Hall–Kier alpha value is -1.88. The summed E-state index contributed by atoms with van der Waals surface area (Å²) in [6.07, 6.45) is 1.79. The van der Waals surface area contributed by atoms with Crippen LogP contribution in [0.1, 0.15) is 35.3 Å². The number of fused-ring (bicyclic) bond motifs is 1. The molecule has 2 atom stereocenters. The highest BCUT2D eigenvalue weighted by Crippen LogP contribution is 2.35. The third kappa shape index (κ3) is 2.93. The van der Waals surface area contributed by atoms with E-state index in [2.05, 4.69) is 29.7 Å². The molecule has 0 fully saturated rings. The van der Waals surface area contributed by atoms with E-state index in [1.54, 1.807) is 0 Å². The molecule has 0 amide bonds. The molecular weight excluding hydrogens is 262 g/mol. The van der Waals surface area contributed by atoms with E-state index < -0.39 is 0 Å². The van der Waals surface area contributed by atoms with Gasteiger partial charge in [0.05, 0.1) is 18.8 Å². The molecule has 2 aromatic rings. The fourth-order valence-electron chi connectivity index (χ4n) is 3.00. The van der Waals surface area contributed by atoms with Gasteiger partial charge in [0.1, 0.15) is 0 Å². The summed E-state index contributed by atoms with van der Waals surface area (Å²) < 4.78 is 5.96. The highest BCUT2D eigenvalue weighted by atomic mass is 16.5. The predicted molar refractivity (Wildman–Crippen MR) is 84.4 cm³/mol. The van der Waals surface area contributed by atoms with Crippen LogP contribution in [0.25, 0.3) is 0 Å². The van der Waals surface area contributed by atoms with Crippen molar-refractivity contribution in [2.75, 3.05) is 12.3 Å². The fraction of sp³-hybridized carbons (Fsp3) is 0.294. The Morgan fingerprint density at radius 2 is 1.90 bits per heavy atom. The van der Waals surface area contributed by atoms with Crippen LogP contribution in [0.15, 0.2) is 48.5 Å². The van der Waals surface area contributed by atoms with Gasteiger partial charge in [-0.3, -0.25) is 11.3 Å². The van der Waals surface area contributed by atoms with Crippen molar-refractivity contribution < 1.29 is 4.74 Å². The number of nitrogens with one attached hydrogen (secondary N) is 1. The molecule has 0 aliphatic carbocycles. The lowest BCUT2D eigenvalue weighted by Crippen LogP contribution is -2.31. The van der Waals surface area contributed by atoms with Crippen LogP contribution in [0.5, 0.6) is 0 Å². The molecule has 4 nitrogen and oxygen atoms in total. The van der Waals surface area contributed by atoms with Crippen LogP contribution in [-0.4, -0.2) is 6.61 Å². The molecule has 0 aromatic heterocycles. The average Bonchev–Trinajstić information content (AvgIpc) is 2.53. The number of anilines is 1. The molecule has 0 saturated heterocycles. The SMILES string of the molecule is NNC(CC1OCCc2ccccc21)c1ccccc1N. The van der Waals surface area contributed by atoms with Gasteiger partial charge in [-0.15, -0.1) is 0 Å². The summed E-state index contributed by atoms with van der Waals surface area (Å²) >= 11 is 0. The van der Waals surface area contributed by atoms with Crippen LogP contribution in [0.4, 0.5) is 5.69 Å². The van der Waals surface area contributed by atoms with E-state index in [1.165, 1.54) is 11.1 Å². The molecule has 3 rings (SSSR count). The Bertz CT molecular complexity index is 614. The van der Waals surface area contributed by atoms with Gasteiger partial charge in [-0.25, -0.2) is 0 Å². The second-order valence-corrected chi connectivity index (χ2v) is 5.39. The summed E-state index contributed by atoms with van der Waals surface area (Å²) in [4.78, 5) is 0. The maximum atomic E-state index is 6.06. The van der Waals surface area contributed by atoms with Crippen molar-refractivity contribution in [1.82, 2.24) is 5.43 Å². The first kappa shape index (κ1) is 14.1. The van der Waals surface area contributed by atoms with E-state index >= 15 is 0 Å². The van der Waals surface area contributed by atoms with Gasteiger partial charge >= 0.3 is 0 Å². The van der Waals surface area contributed by atoms with Gasteiger partial charge in [-0.05, 0) is 35.6 Å². The lowest BCUT2D eigenvalue weighted by atomic mass is 9.91. The first-order valence-corrected chi connectivity index (χ1v) is 7.29. The molecule has 0 radical (unpaired) electrons. The van der Waals surface area contributed by atoms with Crippen LogP contribution >= 0.6 is 0 Å². The quantitative estimate of drug-likeness (QED) is 0.458. The number of ether oxygens (including phenoxy) is 1. The second-order valence-electron chi connectivity index (χ2n) is 5.39. The molecule has 2 unspecified atom stereocenters. The number of nitrogens with two attached hydrogens (primary N) is 2. The first-order valence-electron chi connectivity index (χ1n) is 7.29. The lowest BCUT2D eigenvalue weighted by Gasteiger charge is -2.29. The topological polar surface area (TPSA) is 73.3 Å². The fourth-order valence-corrected chi connectivity index (χ4v) is 3.00. The molecule has 1 aliphatic rings. The van der Waals surface area contributed by atoms with Crippen molar-refractivity contribution >= 4 is 5.69 Å². The molecule has 0 spiro atoms. The Kier molecular flexibility index (Phi) is 4.20. The molecule has 21 heavy (non-hydrogen) atoms. The Labute approximate surface area is 125 Å². The molecule has 110 valence electrons. The molecule has 0 saturated carbocycles. The minimum Gasteiger partial charge on any atom is -0.398 e. The number of para-hydroxylation sites is 1. The zero-order chi connectivity index (χ0) is 14.7. The summed E-state index contributed by atoms with van der Waals surface area (Å²) in [5.74, 6) is 5.75. The Balaban J connectivity index is 1.84. The summed E-state index contributed by atoms with van der Waals surface area (Å²) in [7, 11) is 0. The molecule has 1 heterocycles. The van der Waals surface area contributed by atoms with E-state index in [0.717, 1.165) is 30.7 Å². The molecular formula is C17H21N3O. The number of hydrogen-bond donors (Lipinski definition) is 3. The van der Waals surface area contributed by atoms with Crippen LogP contribution in [0.3, 0.4) is 0 Å². The summed E-state index contributed by atoms with van der Waals surface area (Å²) in [6.45, 7) is 0.753. The normalized spacial score (nSPS) is 19.0. The zero-order valence-corrected chi connectivity index (χ0v) is 12.0. The maximum Gasteiger partial charge on any atom is 0.0846 e. The van der Waals surface area contributed by atoms with Gasteiger partial charge in [0.2, 0.25) is 0 Å². The van der Waals surface area contributed by atoms with Crippen LogP contribution < -0.4 is 17.0 Å². The summed E-state index contributed by atoms with van der Waals surface area (Å²) in [5, 5.41) is 0. The zero-order valence-electron chi connectivity index (χ0n) is 12.0. The molecule has 4 heteroatoms. The molecule has 5 N–H and O–H groups in total. The third-order valence-corrected chi connectivity index (χ3v) is 4.11. The monoisotopic (exact) mass is 283 g/mol. The predicted octanol–water partition coefficient (Wildman–Crippen LogP) is 2.48. The lowest BCUT2D eigenvalue weighted by molar-refractivity contribution is 0.0293. The van der Waals surface area contributed by atoms with Gasteiger partial charge in [0, 0.05) is 5.69 Å². The largest absolute Gasteiger partial charge is 0.398 e. The number of hydrazine groups is 1. The maximum absolute atomic E-state index is 6.06. The van der Waals surface area contributed by atoms with Gasteiger partial charge in [0.15, 0.2) is 0 Å². The highest BCUT2D eigenvalue weighted by molar-refractivity contribution is 5.48. The van der Waals surface area contributed by atoms with Crippen molar-refractivity contribution in [1.29, 1.82) is 0 Å². The van der Waals surface area contributed by atoms with Crippen LogP contribution in [0, 0.1) is 0 Å². The van der Waals surface area contributed by atoms with Crippen molar-refractivity contribution in [3.63, 3.8) is 0 Å². The van der Waals surface area contributed by atoms with E-state index in [-0.39, 0.29) is 12.1 Å². The number of benzene rings is 2. The van der Waals surface area contributed by atoms with Crippen LogP contribution in [-0.2, 0) is 11.2 Å². The highest BCUT2D eigenvalue weighted by Gasteiger charge is 2.25. The average molecular weight is 283 g/mol. The van der Waals surface area contributed by atoms with E-state index in [4.69, 9.17) is 16.3 Å². The smallest absolute Gasteiger partial charge is 0.0846 e. The van der Waals surface area contributed by atoms with Crippen molar-refractivity contribution in [2.45, 2.75) is 25.0 Å². The Morgan fingerprint density at radius 1 is 1.14 bits per heavy atom. The minimum atomic E-state index is -0.0256. The minimum absolute atomic E-state index is 0.0256. The molecule has 0 bridgehead atoms. The standard InChI is InChI=1S/C17H21N3O/c18-15-8-4-3-7-14(15)16(20-19)11-17-13-6-2-1-5-12(13)9-10-21-17/h1-8,16-17,20H,9-11,18-19H2. The molecule has 2 aromatic carbocycles. The summed E-state index contributed by atoms with van der Waals surface area (Å²) in [5.41, 5.74) is 13.3. The van der Waals surface area contributed by atoms with E-state index in [9.17, 15) is 0 Å². The van der Waals surface area contributed by atoms with Crippen molar-refractivity contribution in [2.24, 2.45) is 5.84 Å². The van der Waals surface area contributed by atoms with Crippen LogP contribution in [0.2, 0.25) is 0 Å². The Morgan fingerprint density at radius 3 is 2.71 bits per heavy atom. The van der Waals surface area contributed by atoms with Gasteiger partial charge in [0.25, 0.3) is 0 Å². The molecule has 1 aliphatic heterocycles.